The van der Waals surface area contributed by atoms with E-state index in [0.717, 1.165) is 24.1 Å². The van der Waals surface area contributed by atoms with Gasteiger partial charge in [0.1, 0.15) is 0 Å². The van der Waals surface area contributed by atoms with Crippen molar-refractivity contribution in [3.05, 3.63) is 42.0 Å². The molecule has 2 N–H and O–H groups in total. The lowest BCUT2D eigenvalue weighted by Crippen LogP contribution is -2.26. The molecule has 3 aliphatic carbocycles. The van der Waals surface area contributed by atoms with Crippen LogP contribution in [0.4, 0.5) is 0 Å². The summed E-state index contributed by atoms with van der Waals surface area (Å²) in [4.78, 5) is 2.56. The van der Waals surface area contributed by atoms with Crippen LogP contribution in [-0.4, -0.2) is 25.3 Å². The Bertz CT molecular complexity index is 783. The molecule has 5 atom stereocenters. The fraction of sp³-hybridized carbons (Fsp3) is 0.471. The van der Waals surface area contributed by atoms with Crippen LogP contribution in [0, 0.1) is 30.6 Å². The predicted octanol–water partition coefficient (Wildman–Crippen LogP) is 1.83. The van der Waals surface area contributed by atoms with Gasteiger partial charge in [0.2, 0.25) is 0 Å². The third kappa shape index (κ3) is 2.40. The number of nitrogens with zero attached hydrogens (tertiary/aromatic N) is 1. The molecule has 4 rings (SSSR count). The van der Waals surface area contributed by atoms with Crippen LogP contribution in [0.25, 0.3) is 0 Å². The highest BCUT2D eigenvalue weighted by atomic mass is 32.2. The lowest BCUT2D eigenvalue weighted by atomic mass is 9.91. The minimum absolute atomic E-state index is 0.0132. The molecule has 0 aromatic heterocycles. The third-order valence-corrected chi connectivity index (χ3v) is 6.63. The Morgan fingerprint density at radius 1 is 1.17 bits per heavy atom. The largest absolute Gasteiger partial charge is 0.392 e. The van der Waals surface area contributed by atoms with Gasteiger partial charge >= 0.3 is 0 Å². The van der Waals surface area contributed by atoms with Gasteiger partial charge in [0.05, 0.1) is 11.0 Å². The Balaban J connectivity index is 1.57. The second kappa shape index (κ2) is 5.18. The van der Waals surface area contributed by atoms with Crippen molar-refractivity contribution in [3.8, 4) is 0 Å². The number of hydrogen-bond acceptors (Lipinski definition) is 4. The van der Waals surface area contributed by atoms with Crippen molar-refractivity contribution in [2.24, 2.45) is 28.8 Å². The van der Waals surface area contributed by atoms with E-state index in [1.165, 1.54) is 0 Å². The number of rotatable bonds is 3. The molecule has 0 radical (unpaired) electrons. The quantitative estimate of drug-likeness (QED) is 0.655. The van der Waals surface area contributed by atoms with Crippen molar-refractivity contribution in [2.75, 3.05) is 0 Å². The van der Waals surface area contributed by atoms with Crippen molar-refractivity contribution >= 4 is 15.7 Å². The second-order valence-corrected chi connectivity index (χ2v) is 8.49. The highest BCUT2D eigenvalue weighted by Gasteiger charge is 2.54. The van der Waals surface area contributed by atoms with E-state index in [2.05, 4.69) is 22.1 Å². The number of nitrogens with one attached hydrogen (secondary N) is 1. The maximum absolute atomic E-state index is 12.3. The Morgan fingerprint density at radius 2 is 1.87 bits per heavy atom. The van der Waals surface area contributed by atoms with Gasteiger partial charge in [-0.3, -0.25) is 0 Å². The van der Waals surface area contributed by atoms with Crippen molar-refractivity contribution in [1.82, 2.24) is 4.83 Å². The molecule has 0 amide bonds. The van der Waals surface area contributed by atoms with Gasteiger partial charge in [-0.15, -0.1) is 0 Å². The minimum Gasteiger partial charge on any atom is -0.392 e. The van der Waals surface area contributed by atoms with E-state index in [0.29, 0.717) is 17.8 Å². The minimum atomic E-state index is -3.66. The van der Waals surface area contributed by atoms with Gasteiger partial charge in [-0.25, -0.2) is 4.83 Å². The van der Waals surface area contributed by atoms with Crippen LogP contribution in [-0.2, 0) is 10.0 Å². The van der Waals surface area contributed by atoms with E-state index in [1.807, 2.05) is 6.92 Å². The molecule has 0 heterocycles. The van der Waals surface area contributed by atoms with Gasteiger partial charge in [0.25, 0.3) is 10.0 Å². The Morgan fingerprint density at radius 3 is 2.61 bits per heavy atom. The number of aliphatic hydroxyl groups is 1. The van der Waals surface area contributed by atoms with Crippen LogP contribution >= 0.6 is 0 Å². The topological polar surface area (TPSA) is 78.8 Å². The summed E-state index contributed by atoms with van der Waals surface area (Å²) in [5.41, 5.74) is 1.79. The van der Waals surface area contributed by atoms with Gasteiger partial charge in [-0.1, -0.05) is 29.8 Å². The third-order valence-electron chi connectivity index (χ3n) is 5.41. The van der Waals surface area contributed by atoms with Crippen LogP contribution in [0.2, 0.25) is 0 Å². The molecular weight excluding hydrogens is 312 g/mol. The van der Waals surface area contributed by atoms with E-state index in [9.17, 15) is 13.5 Å². The highest BCUT2D eigenvalue weighted by Crippen LogP contribution is 2.53. The number of hydrogen-bond donors (Lipinski definition) is 2. The molecule has 23 heavy (non-hydrogen) atoms. The number of benzene rings is 1. The lowest BCUT2D eigenvalue weighted by molar-refractivity contribution is 0.151. The fourth-order valence-corrected chi connectivity index (χ4v) is 5.18. The van der Waals surface area contributed by atoms with Gasteiger partial charge in [-0.05, 0) is 49.7 Å². The van der Waals surface area contributed by atoms with E-state index in [1.54, 1.807) is 24.3 Å². The van der Waals surface area contributed by atoms with Crippen LogP contribution in [0.5, 0.6) is 0 Å². The van der Waals surface area contributed by atoms with E-state index < -0.39 is 16.1 Å². The van der Waals surface area contributed by atoms with Gasteiger partial charge in [-0.2, -0.15) is 13.5 Å². The summed E-state index contributed by atoms with van der Waals surface area (Å²) in [5, 5.41) is 14.5. The summed E-state index contributed by atoms with van der Waals surface area (Å²) in [5.74, 6) is 1.19. The molecular formula is C17H20N2O3S. The first-order chi connectivity index (χ1) is 11.0. The summed E-state index contributed by atoms with van der Waals surface area (Å²) >= 11 is 0. The maximum Gasteiger partial charge on any atom is 0.276 e. The molecule has 1 aromatic rings. The molecule has 0 spiro atoms. The molecule has 0 bridgehead atoms. The monoisotopic (exact) mass is 332 g/mol. The van der Waals surface area contributed by atoms with Crippen LogP contribution in [0.3, 0.4) is 0 Å². The zero-order chi connectivity index (χ0) is 16.2. The molecule has 0 unspecified atom stereocenters. The van der Waals surface area contributed by atoms with Crippen molar-refractivity contribution < 1.29 is 13.5 Å². The Labute approximate surface area is 136 Å². The van der Waals surface area contributed by atoms with Gasteiger partial charge in [0, 0.05) is 11.6 Å². The first kappa shape index (κ1) is 14.9. The first-order valence-corrected chi connectivity index (χ1v) is 9.45. The number of sulfonamides is 1. The Kier molecular flexibility index (Phi) is 3.35. The maximum atomic E-state index is 12.3. The molecule has 2 saturated carbocycles. The average Bonchev–Trinajstić information content (AvgIpc) is 3.14. The molecule has 0 saturated heterocycles. The van der Waals surface area contributed by atoms with Crippen LogP contribution < -0.4 is 4.83 Å². The average molecular weight is 332 g/mol. The molecule has 2 fully saturated rings. The molecule has 3 aliphatic rings. The summed E-state index contributed by atoms with van der Waals surface area (Å²) in [6.45, 7) is 1.91. The molecule has 0 aliphatic heterocycles. The van der Waals surface area contributed by atoms with Crippen LogP contribution in [0.15, 0.2) is 46.4 Å². The highest BCUT2D eigenvalue weighted by molar-refractivity contribution is 7.89. The second-order valence-electron chi connectivity index (χ2n) is 6.83. The summed E-state index contributed by atoms with van der Waals surface area (Å²) in [6.07, 6.45) is 5.47. The molecule has 5 nitrogen and oxygen atoms in total. The standard InChI is InChI=1S/C17H20N2O3S/c1-10-2-6-13(7-3-10)23(21,22)19-18-14-8-11-4-5-12-9-15(20)17(14)16(11)12/h2-7,11-12,15-17,19-20H,8-9H2,1H3/b18-14+/t11-,12+,15-,16-,17+/m0/s1. The summed E-state index contributed by atoms with van der Waals surface area (Å²) in [6, 6.07) is 6.67. The smallest absolute Gasteiger partial charge is 0.276 e. The van der Waals surface area contributed by atoms with Crippen LogP contribution in [0.1, 0.15) is 18.4 Å². The van der Waals surface area contributed by atoms with E-state index >= 15 is 0 Å². The fourth-order valence-electron chi connectivity index (χ4n) is 4.34. The normalized spacial score (nSPS) is 36.6. The number of aryl methyl sites for hydroxylation is 1. The van der Waals surface area contributed by atoms with E-state index in [-0.39, 0.29) is 10.8 Å². The van der Waals surface area contributed by atoms with Gasteiger partial charge in [0.15, 0.2) is 0 Å². The SMILES string of the molecule is Cc1ccc(S(=O)(=O)N/N=C2\C[C@@H]3C=C[C@@H]4C[C@H](O)[C@@H]2[C@H]43)cc1. The molecule has 122 valence electrons. The molecule has 6 heteroatoms. The Hall–Kier alpha value is -1.66. The zero-order valence-electron chi connectivity index (χ0n) is 12.9. The van der Waals surface area contributed by atoms with E-state index in [4.69, 9.17) is 0 Å². The first-order valence-electron chi connectivity index (χ1n) is 7.97. The number of hydrazone groups is 1. The van der Waals surface area contributed by atoms with Crippen molar-refractivity contribution in [1.29, 1.82) is 0 Å². The number of allylic oxidation sites excluding steroid dienone is 2. The van der Waals surface area contributed by atoms with Crippen molar-refractivity contribution in [3.63, 3.8) is 0 Å². The summed E-state index contributed by atoms with van der Waals surface area (Å²) in [7, 11) is -3.66. The zero-order valence-corrected chi connectivity index (χ0v) is 13.7. The molecule has 1 aromatic carbocycles. The predicted molar refractivity (Wildman–Crippen MR) is 87.3 cm³/mol. The van der Waals surface area contributed by atoms with Crippen molar-refractivity contribution in [2.45, 2.75) is 30.8 Å². The van der Waals surface area contributed by atoms with Gasteiger partial charge < -0.3 is 5.11 Å². The number of aliphatic hydroxyl groups excluding tert-OH is 1. The lowest BCUT2D eigenvalue weighted by Gasteiger charge is -2.15. The summed E-state index contributed by atoms with van der Waals surface area (Å²) < 4.78 is 24.7.